The summed E-state index contributed by atoms with van der Waals surface area (Å²) in [4.78, 5) is 17.0. The van der Waals surface area contributed by atoms with Gasteiger partial charge in [-0.1, -0.05) is 48.9 Å². The van der Waals surface area contributed by atoms with Gasteiger partial charge in [0.05, 0.1) is 0 Å². The zero-order valence-electron chi connectivity index (χ0n) is 17.0. The van der Waals surface area contributed by atoms with Crippen LogP contribution >= 0.6 is 11.6 Å². The lowest BCUT2D eigenvalue weighted by Gasteiger charge is -2.38. The standard InChI is InChI=1S/C24H31ClN2O/c1-3-24(28)27(23-11-9-22(25)10-12-23)18-19(2)26-15-13-21(14-16-26)17-20-7-5-4-6-8-20/h4-12,19,21H,3,13-18H2,1-2H3. The van der Waals surface area contributed by atoms with E-state index in [9.17, 15) is 4.79 Å². The topological polar surface area (TPSA) is 23.6 Å². The van der Waals surface area contributed by atoms with E-state index in [1.807, 2.05) is 36.1 Å². The predicted molar refractivity (Wildman–Crippen MR) is 118 cm³/mol. The summed E-state index contributed by atoms with van der Waals surface area (Å²) in [5, 5.41) is 0.696. The number of hydrogen-bond acceptors (Lipinski definition) is 2. The number of benzene rings is 2. The van der Waals surface area contributed by atoms with Gasteiger partial charge in [0, 0.05) is 29.7 Å². The quantitative estimate of drug-likeness (QED) is 0.621. The molecule has 0 aliphatic carbocycles. The van der Waals surface area contributed by atoms with Crippen molar-refractivity contribution >= 4 is 23.2 Å². The van der Waals surface area contributed by atoms with E-state index in [1.165, 1.54) is 24.8 Å². The monoisotopic (exact) mass is 398 g/mol. The lowest BCUT2D eigenvalue weighted by Crippen LogP contribution is -2.47. The first-order chi connectivity index (χ1) is 13.6. The molecule has 0 aromatic heterocycles. The molecule has 4 heteroatoms. The van der Waals surface area contributed by atoms with Crippen molar-refractivity contribution in [2.24, 2.45) is 5.92 Å². The molecule has 1 amide bonds. The Bertz CT molecular complexity index is 739. The van der Waals surface area contributed by atoms with Crippen LogP contribution in [0, 0.1) is 5.92 Å². The average molecular weight is 399 g/mol. The molecule has 1 heterocycles. The number of amides is 1. The second-order valence-corrected chi connectivity index (χ2v) is 8.29. The maximum atomic E-state index is 12.5. The van der Waals surface area contributed by atoms with Crippen LogP contribution in [0.2, 0.25) is 5.02 Å². The number of halogens is 1. The van der Waals surface area contributed by atoms with E-state index in [-0.39, 0.29) is 5.91 Å². The van der Waals surface area contributed by atoms with Crippen LogP contribution < -0.4 is 4.90 Å². The summed E-state index contributed by atoms with van der Waals surface area (Å²) in [6.45, 7) is 7.09. The lowest BCUT2D eigenvalue weighted by atomic mass is 9.89. The van der Waals surface area contributed by atoms with Crippen LogP contribution in [0.15, 0.2) is 54.6 Å². The molecule has 1 unspecified atom stereocenters. The zero-order chi connectivity index (χ0) is 19.9. The zero-order valence-corrected chi connectivity index (χ0v) is 17.7. The molecule has 1 atom stereocenters. The molecule has 3 nitrogen and oxygen atoms in total. The summed E-state index contributed by atoms with van der Waals surface area (Å²) in [5.41, 5.74) is 2.37. The molecule has 1 fully saturated rings. The van der Waals surface area contributed by atoms with Crippen molar-refractivity contribution in [1.82, 2.24) is 4.90 Å². The fourth-order valence-corrected chi connectivity index (χ4v) is 4.21. The Kier molecular flexibility index (Phi) is 7.52. The predicted octanol–water partition coefficient (Wildman–Crippen LogP) is 5.43. The van der Waals surface area contributed by atoms with E-state index < -0.39 is 0 Å². The fraction of sp³-hybridized carbons (Fsp3) is 0.458. The first-order valence-corrected chi connectivity index (χ1v) is 10.8. The van der Waals surface area contributed by atoms with Crippen LogP contribution in [-0.4, -0.2) is 36.5 Å². The smallest absolute Gasteiger partial charge is 0.226 e. The molecule has 2 aromatic carbocycles. The van der Waals surface area contributed by atoms with Gasteiger partial charge in [-0.05, 0) is 75.0 Å². The SMILES string of the molecule is CCC(=O)N(CC(C)N1CCC(Cc2ccccc2)CC1)c1ccc(Cl)cc1. The van der Waals surface area contributed by atoms with Crippen LogP contribution in [0.5, 0.6) is 0 Å². The van der Waals surface area contributed by atoms with Crippen molar-refractivity contribution in [3.63, 3.8) is 0 Å². The number of hydrogen-bond donors (Lipinski definition) is 0. The van der Waals surface area contributed by atoms with E-state index in [0.717, 1.165) is 31.2 Å². The minimum absolute atomic E-state index is 0.160. The maximum absolute atomic E-state index is 12.5. The number of nitrogens with zero attached hydrogens (tertiary/aromatic N) is 2. The molecule has 0 radical (unpaired) electrons. The van der Waals surface area contributed by atoms with Gasteiger partial charge in [-0.2, -0.15) is 0 Å². The average Bonchev–Trinajstić information content (AvgIpc) is 2.73. The van der Waals surface area contributed by atoms with Gasteiger partial charge in [0.1, 0.15) is 0 Å². The van der Waals surface area contributed by atoms with E-state index in [1.54, 1.807) is 0 Å². The number of anilines is 1. The van der Waals surface area contributed by atoms with Crippen LogP contribution in [0.3, 0.4) is 0 Å². The number of carbonyl (C=O) groups is 1. The van der Waals surface area contributed by atoms with Crippen molar-refractivity contribution in [3.05, 3.63) is 65.2 Å². The Morgan fingerprint density at radius 2 is 1.75 bits per heavy atom. The van der Waals surface area contributed by atoms with Gasteiger partial charge in [-0.25, -0.2) is 0 Å². The third-order valence-corrected chi connectivity index (χ3v) is 6.08. The van der Waals surface area contributed by atoms with Gasteiger partial charge >= 0.3 is 0 Å². The molecule has 0 saturated carbocycles. The molecular formula is C24H31ClN2O. The third kappa shape index (κ3) is 5.59. The largest absolute Gasteiger partial charge is 0.311 e. The molecule has 0 bridgehead atoms. The molecule has 2 aromatic rings. The number of rotatable bonds is 7. The Hall–Kier alpha value is -1.84. The lowest BCUT2D eigenvalue weighted by molar-refractivity contribution is -0.118. The molecule has 1 aliphatic rings. The molecule has 1 aliphatic heterocycles. The molecule has 3 rings (SSSR count). The highest BCUT2D eigenvalue weighted by Gasteiger charge is 2.25. The van der Waals surface area contributed by atoms with Crippen LogP contribution in [0.4, 0.5) is 5.69 Å². The summed E-state index contributed by atoms with van der Waals surface area (Å²) in [7, 11) is 0. The number of likely N-dealkylation sites (tertiary alicyclic amines) is 1. The van der Waals surface area contributed by atoms with E-state index >= 15 is 0 Å². The highest BCUT2D eigenvalue weighted by atomic mass is 35.5. The second-order valence-electron chi connectivity index (χ2n) is 7.85. The molecular weight excluding hydrogens is 368 g/mol. The third-order valence-electron chi connectivity index (χ3n) is 5.83. The van der Waals surface area contributed by atoms with Crippen molar-refractivity contribution in [1.29, 1.82) is 0 Å². The van der Waals surface area contributed by atoms with E-state index in [2.05, 4.69) is 42.2 Å². The molecule has 0 spiro atoms. The first kappa shape index (κ1) is 20.9. The van der Waals surface area contributed by atoms with Crippen LogP contribution in [-0.2, 0) is 11.2 Å². The second kappa shape index (κ2) is 10.1. The number of piperidine rings is 1. The Morgan fingerprint density at radius 3 is 2.36 bits per heavy atom. The Labute approximate surface area is 174 Å². The molecule has 1 saturated heterocycles. The van der Waals surface area contributed by atoms with Gasteiger partial charge in [0.15, 0.2) is 0 Å². The summed E-state index contributed by atoms with van der Waals surface area (Å²) in [6, 6.07) is 18.7. The first-order valence-electron chi connectivity index (χ1n) is 10.4. The molecule has 150 valence electrons. The maximum Gasteiger partial charge on any atom is 0.226 e. The van der Waals surface area contributed by atoms with Gasteiger partial charge in [-0.3, -0.25) is 9.69 Å². The normalized spacial score (nSPS) is 16.7. The minimum atomic E-state index is 0.160. The highest BCUT2D eigenvalue weighted by molar-refractivity contribution is 6.30. The van der Waals surface area contributed by atoms with Crippen LogP contribution in [0.1, 0.15) is 38.7 Å². The van der Waals surface area contributed by atoms with Crippen molar-refractivity contribution in [2.45, 2.75) is 45.6 Å². The fourth-order valence-electron chi connectivity index (χ4n) is 4.09. The molecule has 0 N–H and O–H groups in total. The number of carbonyl (C=O) groups excluding carboxylic acids is 1. The van der Waals surface area contributed by atoms with E-state index in [4.69, 9.17) is 11.6 Å². The van der Waals surface area contributed by atoms with Crippen LogP contribution in [0.25, 0.3) is 0 Å². The summed E-state index contributed by atoms with van der Waals surface area (Å²) in [5.74, 6) is 0.920. The highest BCUT2D eigenvalue weighted by Crippen LogP contribution is 2.25. The summed E-state index contributed by atoms with van der Waals surface area (Å²) in [6.07, 6.45) is 4.13. The Morgan fingerprint density at radius 1 is 1.11 bits per heavy atom. The minimum Gasteiger partial charge on any atom is -0.311 e. The molecule has 28 heavy (non-hydrogen) atoms. The Balaban J connectivity index is 1.56. The van der Waals surface area contributed by atoms with Gasteiger partial charge in [0.25, 0.3) is 0 Å². The summed E-state index contributed by atoms with van der Waals surface area (Å²) < 4.78 is 0. The van der Waals surface area contributed by atoms with Crippen molar-refractivity contribution in [3.8, 4) is 0 Å². The van der Waals surface area contributed by atoms with E-state index in [0.29, 0.717) is 17.5 Å². The van der Waals surface area contributed by atoms with Gasteiger partial charge in [-0.15, -0.1) is 0 Å². The van der Waals surface area contributed by atoms with Gasteiger partial charge < -0.3 is 4.90 Å². The van der Waals surface area contributed by atoms with Crippen molar-refractivity contribution < 1.29 is 4.79 Å². The van der Waals surface area contributed by atoms with Crippen molar-refractivity contribution in [2.75, 3.05) is 24.5 Å². The van der Waals surface area contributed by atoms with Gasteiger partial charge in [0.2, 0.25) is 5.91 Å². The summed E-state index contributed by atoms with van der Waals surface area (Å²) >= 11 is 6.02.